The van der Waals surface area contributed by atoms with E-state index in [-0.39, 0.29) is 0 Å². The summed E-state index contributed by atoms with van der Waals surface area (Å²) < 4.78 is 11.4. The lowest BCUT2D eigenvalue weighted by Crippen LogP contribution is -1.84. The summed E-state index contributed by atoms with van der Waals surface area (Å²) in [4.78, 5) is 0. The van der Waals surface area contributed by atoms with E-state index in [4.69, 9.17) is 0 Å². The van der Waals surface area contributed by atoms with E-state index in [9.17, 15) is 0 Å². The largest absolute Gasteiger partial charge is 0.172 e. The molecule has 3 aromatic carbocycles. The molecule has 0 unspecified atom stereocenters. The second kappa shape index (κ2) is 4.49. The summed E-state index contributed by atoms with van der Waals surface area (Å²) in [7, 11) is 0. The molecule has 19 heavy (non-hydrogen) atoms. The molecule has 0 atom stereocenters. The van der Waals surface area contributed by atoms with Gasteiger partial charge in [0.2, 0.25) is 0 Å². The molecule has 0 N–H and O–H groups in total. The molecule has 0 aliphatic rings. The lowest BCUT2D eigenvalue weighted by molar-refractivity contribution is 1.66. The first-order valence-corrected chi connectivity index (χ1v) is 8.55. The van der Waals surface area contributed by atoms with Gasteiger partial charge in [-0.1, -0.05) is 12.1 Å². The molecule has 1 aromatic heterocycles. The fourth-order valence-electron chi connectivity index (χ4n) is 2.44. The number of nitrogens with zero attached hydrogens (tertiary/aromatic N) is 2. The van der Waals surface area contributed by atoms with E-state index < -0.39 is 0 Å². The summed E-state index contributed by atoms with van der Waals surface area (Å²) in [6.07, 6.45) is 0. The highest BCUT2D eigenvalue weighted by molar-refractivity contribution is 14.1. The van der Waals surface area contributed by atoms with Crippen molar-refractivity contribution in [3.05, 3.63) is 43.5 Å². The fraction of sp³-hybridized carbons (Fsp3) is 0. The molecule has 0 bridgehead atoms. The number of hydrogen-bond acceptors (Lipinski definition) is 3. The zero-order valence-electron chi connectivity index (χ0n) is 9.52. The Morgan fingerprint density at radius 2 is 1.16 bits per heavy atom. The Morgan fingerprint density at radius 3 is 1.63 bits per heavy atom. The third-order valence-electron chi connectivity index (χ3n) is 3.25. The third kappa shape index (κ3) is 1.85. The molecule has 0 saturated carbocycles. The van der Waals surface area contributed by atoms with Crippen molar-refractivity contribution in [2.24, 2.45) is 0 Å². The maximum Gasteiger partial charge on any atom is 0.113 e. The van der Waals surface area contributed by atoms with Crippen molar-refractivity contribution >= 4 is 89.5 Å². The van der Waals surface area contributed by atoms with Gasteiger partial charge in [-0.25, -0.2) is 0 Å². The molecule has 2 nitrogen and oxygen atoms in total. The summed E-state index contributed by atoms with van der Waals surface area (Å²) in [5.74, 6) is 0. The first-order chi connectivity index (χ1) is 9.24. The predicted molar refractivity (Wildman–Crippen MR) is 97.9 cm³/mol. The van der Waals surface area contributed by atoms with Crippen molar-refractivity contribution in [2.75, 3.05) is 0 Å². The molecule has 0 aliphatic heterocycles. The van der Waals surface area contributed by atoms with Crippen LogP contribution in [0.2, 0.25) is 0 Å². The van der Waals surface area contributed by atoms with Crippen LogP contribution in [0.4, 0.5) is 0 Å². The van der Waals surface area contributed by atoms with E-state index in [1.165, 1.54) is 40.4 Å². The van der Waals surface area contributed by atoms with Crippen LogP contribution < -0.4 is 0 Å². The van der Waals surface area contributed by atoms with Crippen molar-refractivity contribution in [3.8, 4) is 0 Å². The molecule has 4 rings (SSSR count). The SMILES string of the molecule is Ic1ccc2c3ccc(I)cc3c3nsnc3c2c1. The fourth-order valence-corrected chi connectivity index (χ4v) is 3.99. The Bertz CT molecular complexity index is 871. The van der Waals surface area contributed by atoms with Gasteiger partial charge in [-0.2, -0.15) is 8.75 Å². The first-order valence-electron chi connectivity index (χ1n) is 5.67. The lowest BCUT2D eigenvalue weighted by atomic mass is 10.0. The van der Waals surface area contributed by atoms with E-state index in [2.05, 4.69) is 90.3 Å². The van der Waals surface area contributed by atoms with Gasteiger partial charge in [0.15, 0.2) is 0 Å². The smallest absolute Gasteiger partial charge is 0.113 e. The summed E-state index contributed by atoms with van der Waals surface area (Å²) in [6, 6.07) is 13.0. The van der Waals surface area contributed by atoms with Gasteiger partial charge in [-0.3, -0.25) is 0 Å². The summed E-state index contributed by atoms with van der Waals surface area (Å²) in [5.41, 5.74) is 2.04. The van der Waals surface area contributed by atoms with Gasteiger partial charge >= 0.3 is 0 Å². The zero-order chi connectivity index (χ0) is 13.0. The number of benzene rings is 3. The minimum Gasteiger partial charge on any atom is -0.172 e. The molecule has 5 heteroatoms. The van der Waals surface area contributed by atoms with Crippen LogP contribution in [0.25, 0.3) is 32.6 Å². The topological polar surface area (TPSA) is 25.8 Å². The van der Waals surface area contributed by atoms with Crippen molar-refractivity contribution in [3.63, 3.8) is 0 Å². The van der Waals surface area contributed by atoms with Gasteiger partial charge in [0, 0.05) is 17.9 Å². The average Bonchev–Trinajstić information content (AvgIpc) is 2.88. The van der Waals surface area contributed by atoms with Crippen LogP contribution in [0.3, 0.4) is 0 Å². The highest BCUT2D eigenvalue weighted by Crippen LogP contribution is 2.35. The van der Waals surface area contributed by atoms with E-state index in [0.717, 1.165) is 11.0 Å². The first kappa shape index (κ1) is 12.2. The maximum atomic E-state index is 4.49. The van der Waals surface area contributed by atoms with Gasteiger partial charge in [0.1, 0.15) is 11.0 Å². The van der Waals surface area contributed by atoms with Crippen LogP contribution in [0.15, 0.2) is 36.4 Å². The molecule has 92 valence electrons. The zero-order valence-corrected chi connectivity index (χ0v) is 14.7. The van der Waals surface area contributed by atoms with E-state index in [1.54, 1.807) is 0 Å². The second-order valence-corrected chi connectivity index (χ2v) is 7.36. The molecule has 0 amide bonds. The van der Waals surface area contributed by atoms with Crippen molar-refractivity contribution in [1.29, 1.82) is 0 Å². The highest BCUT2D eigenvalue weighted by atomic mass is 127. The number of halogens is 2. The molecular weight excluding hydrogens is 482 g/mol. The number of rotatable bonds is 0. The van der Waals surface area contributed by atoms with E-state index in [1.807, 2.05) is 0 Å². The van der Waals surface area contributed by atoms with Crippen molar-refractivity contribution in [2.45, 2.75) is 0 Å². The summed E-state index contributed by atoms with van der Waals surface area (Å²) in [5, 5.41) is 4.91. The van der Waals surface area contributed by atoms with Gasteiger partial charge < -0.3 is 0 Å². The van der Waals surface area contributed by atoms with Crippen LogP contribution in [0.1, 0.15) is 0 Å². The minimum absolute atomic E-state index is 1.02. The monoisotopic (exact) mass is 488 g/mol. The quantitative estimate of drug-likeness (QED) is 0.251. The Labute approximate surface area is 140 Å². The van der Waals surface area contributed by atoms with Gasteiger partial charge in [-0.15, -0.1) is 0 Å². The lowest BCUT2D eigenvalue weighted by Gasteiger charge is -2.06. The average molecular weight is 488 g/mol. The maximum absolute atomic E-state index is 4.49. The minimum atomic E-state index is 1.02. The normalized spacial score (nSPS) is 11.7. The predicted octanol–water partition coefficient (Wildman–Crippen LogP) is 5.21. The molecule has 0 spiro atoms. The molecule has 0 fully saturated rings. The Hall–Kier alpha value is -0.540. The molecule has 0 saturated heterocycles. The molecule has 0 aliphatic carbocycles. The Kier molecular flexibility index (Phi) is 2.89. The second-order valence-electron chi connectivity index (χ2n) is 4.34. The van der Waals surface area contributed by atoms with E-state index >= 15 is 0 Å². The van der Waals surface area contributed by atoms with Crippen LogP contribution in [-0.2, 0) is 0 Å². The summed E-state index contributed by atoms with van der Waals surface area (Å²) in [6.45, 7) is 0. The molecule has 1 heterocycles. The van der Waals surface area contributed by atoms with E-state index in [0.29, 0.717) is 0 Å². The Morgan fingerprint density at radius 1 is 0.684 bits per heavy atom. The number of hydrogen-bond donors (Lipinski definition) is 0. The van der Waals surface area contributed by atoms with Crippen molar-refractivity contribution < 1.29 is 0 Å². The standard InChI is InChI=1S/C14H6I2N2S/c15-7-1-3-9-10-4-2-8(16)6-12(10)14-13(11(9)5-7)17-19-18-14/h1-6H. The Balaban J connectivity index is 2.40. The van der Waals surface area contributed by atoms with Gasteiger partial charge in [0.25, 0.3) is 0 Å². The van der Waals surface area contributed by atoms with Crippen molar-refractivity contribution in [1.82, 2.24) is 8.75 Å². The number of fused-ring (bicyclic) bond motifs is 6. The highest BCUT2D eigenvalue weighted by Gasteiger charge is 2.12. The van der Waals surface area contributed by atoms with Crippen LogP contribution in [0, 0.1) is 7.14 Å². The van der Waals surface area contributed by atoms with Crippen LogP contribution in [0.5, 0.6) is 0 Å². The molecule has 4 aromatic rings. The van der Waals surface area contributed by atoms with Gasteiger partial charge in [0.05, 0.1) is 11.7 Å². The van der Waals surface area contributed by atoms with Crippen LogP contribution >= 0.6 is 56.9 Å². The summed E-state index contributed by atoms with van der Waals surface area (Å²) >= 11 is 5.97. The number of aromatic nitrogens is 2. The van der Waals surface area contributed by atoms with Crippen LogP contribution in [-0.4, -0.2) is 8.75 Å². The molecule has 0 radical (unpaired) electrons. The van der Waals surface area contributed by atoms with Gasteiger partial charge in [-0.05, 0) is 80.2 Å². The molecular formula is C14H6I2N2S. The third-order valence-corrected chi connectivity index (χ3v) is 5.12.